The van der Waals surface area contributed by atoms with E-state index >= 15 is 0 Å². The Labute approximate surface area is 89.4 Å². The average molecular weight is 230 g/mol. The van der Waals surface area contributed by atoms with Crippen LogP contribution in [0.3, 0.4) is 0 Å². The molecule has 0 saturated carbocycles. The highest BCUT2D eigenvalue weighted by atomic mass is 32.2. The number of anilines is 1. The summed E-state index contributed by atoms with van der Waals surface area (Å²) in [5, 5.41) is 4.89. The molecule has 0 aliphatic rings. The molecule has 0 unspecified atom stereocenters. The van der Waals surface area contributed by atoms with Crippen LogP contribution < -0.4 is 9.86 Å². The third kappa shape index (κ3) is 4.28. The van der Waals surface area contributed by atoms with Gasteiger partial charge in [0.2, 0.25) is 0 Å². The Morgan fingerprint density at radius 2 is 2.07 bits per heavy atom. The maximum absolute atomic E-state index is 10.9. The molecule has 0 aromatic heterocycles. The van der Waals surface area contributed by atoms with Crippen molar-refractivity contribution in [1.29, 1.82) is 0 Å². The van der Waals surface area contributed by atoms with Crippen molar-refractivity contribution in [3.05, 3.63) is 29.8 Å². The van der Waals surface area contributed by atoms with Crippen LogP contribution in [-0.2, 0) is 21.4 Å². The SMILES string of the molecule is COCCc1ccccc1NS(N)(=O)=O. The fourth-order valence-electron chi connectivity index (χ4n) is 1.20. The summed E-state index contributed by atoms with van der Waals surface area (Å²) in [6, 6.07) is 7.06. The molecule has 15 heavy (non-hydrogen) atoms. The van der Waals surface area contributed by atoms with Crippen LogP contribution in [0.1, 0.15) is 5.56 Å². The van der Waals surface area contributed by atoms with E-state index in [0.29, 0.717) is 18.7 Å². The highest BCUT2D eigenvalue weighted by molar-refractivity contribution is 7.90. The topological polar surface area (TPSA) is 81.4 Å². The van der Waals surface area contributed by atoms with E-state index in [1.165, 1.54) is 0 Å². The minimum absolute atomic E-state index is 0.497. The lowest BCUT2D eigenvalue weighted by atomic mass is 10.1. The quantitative estimate of drug-likeness (QED) is 0.772. The Bertz CT molecular complexity index is 417. The van der Waals surface area contributed by atoms with Crippen molar-refractivity contribution in [2.24, 2.45) is 5.14 Å². The Morgan fingerprint density at radius 1 is 1.40 bits per heavy atom. The van der Waals surface area contributed by atoms with Crippen LogP contribution in [0, 0.1) is 0 Å². The summed E-state index contributed by atoms with van der Waals surface area (Å²) >= 11 is 0. The van der Waals surface area contributed by atoms with Gasteiger partial charge in [-0.15, -0.1) is 0 Å². The number of nitrogens with one attached hydrogen (secondary N) is 1. The van der Waals surface area contributed by atoms with Crippen LogP contribution in [-0.4, -0.2) is 22.1 Å². The van der Waals surface area contributed by atoms with E-state index < -0.39 is 10.2 Å². The van der Waals surface area contributed by atoms with E-state index in [9.17, 15) is 8.42 Å². The highest BCUT2D eigenvalue weighted by Gasteiger charge is 2.06. The Kier molecular flexibility index (Phi) is 4.07. The first kappa shape index (κ1) is 12.0. The van der Waals surface area contributed by atoms with Crippen LogP contribution in [0.5, 0.6) is 0 Å². The average Bonchev–Trinajstić information content (AvgIpc) is 2.14. The number of ether oxygens (including phenoxy) is 1. The van der Waals surface area contributed by atoms with Gasteiger partial charge in [-0.1, -0.05) is 18.2 Å². The van der Waals surface area contributed by atoms with Crippen LogP contribution in [0.15, 0.2) is 24.3 Å². The number of nitrogens with two attached hydrogens (primary N) is 1. The van der Waals surface area contributed by atoms with Gasteiger partial charge in [0.05, 0.1) is 12.3 Å². The first-order valence-corrected chi connectivity index (χ1v) is 5.95. The maximum Gasteiger partial charge on any atom is 0.296 e. The van der Waals surface area contributed by atoms with Gasteiger partial charge in [0, 0.05) is 7.11 Å². The van der Waals surface area contributed by atoms with Crippen molar-refractivity contribution < 1.29 is 13.2 Å². The molecule has 1 rings (SSSR count). The van der Waals surface area contributed by atoms with Crippen molar-refractivity contribution in [3.8, 4) is 0 Å². The predicted octanol–water partition coefficient (Wildman–Crippen LogP) is 0.491. The van der Waals surface area contributed by atoms with Gasteiger partial charge in [-0.3, -0.25) is 4.72 Å². The van der Waals surface area contributed by atoms with Crippen molar-refractivity contribution in [2.45, 2.75) is 6.42 Å². The first-order chi connectivity index (χ1) is 7.03. The second kappa shape index (κ2) is 5.11. The van der Waals surface area contributed by atoms with Crippen LogP contribution in [0.4, 0.5) is 5.69 Å². The molecule has 0 bridgehead atoms. The van der Waals surface area contributed by atoms with Crippen molar-refractivity contribution in [3.63, 3.8) is 0 Å². The lowest BCUT2D eigenvalue weighted by molar-refractivity contribution is 0.202. The first-order valence-electron chi connectivity index (χ1n) is 4.40. The zero-order valence-electron chi connectivity index (χ0n) is 8.43. The van der Waals surface area contributed by atoms with Gasteiger partial charge < -0.3 is 4.74 Å². The van der Waals surface area contributed by atoms with E-state index in [0.717, 1.165) is 5.56 Å². The van der Waals surface area contributed by atoms with Crippen LogP contribution >= 0.6 is 0 Å². The lowest BCUT2D eigenvalue weighted by Crippen LogP contribution is -2.22. The molecule has 6 heteroatoms. The molecular weight excluding hydrogens is 216 g/mol. The summed E-state index contributed by atoms with van der Waals surface area (Å²) in [5.74, 6) is 0. The summed E-state index contributed by atoms with van der Waals surface area (Å²) in [4.78, 5) is 0. The second-order valence-electron chi connectivity index (χ2n) is 3.05. The summed E-state index contributed by atoms with van der Waals surface area (Å²) in [6.07, 6.45) is 0.634. The Hall–Kier alpha value is -1.11. The molecule has 3 N–H and O–H groups in total. The molecule has 0 radical (unpaired) electrons. The predicted molar refractivity (Wildman–Crippen MR) is 58.8 cm³/mol. The van der Waals surface area contributed by atoms with E-state index in [-0.39, 0.29) is 0 Å². The van der Waals surface area contributed by atoms with Crippen LogP contribution in [0.25, 0.3) is 0 Å². The molecular formula is C9H14N2O3S. The standard InChI is InChI=1S/C9H14N2O3S/c1-14-7-6-8-4-2-3-5-9(8)11-15(10,12)13/h2-5,11H,6-7H2,1H3,(H2,10,12,13). The molecule has 0 aliphatic carbocycles. The number of hydrogen-bond donors (Lipinski definition) is 2. The second-order valence-corrected chi connectivity index (χ2v) is 4.34. The van der Waals surface area contributed by atoms with E-state index in [1.54, 1.807) is 19.2 Å². The van der Waals surface area contributed by atoms with Crippen molar-refractivity contribution in [2.75, 3.05) is 18.4 Å². The third-order valence-corrected chi connectivity index (χ3v) is 2.35. The molecule has 0 amide bonds. The zero-order chi connectivity index (χ0) is 11.3. The molecule has 1 aromatic carbocycles. The minimum atomic E-state index is -3.72. The smallest absolute Gasteiger partial charge is 0.296 e. The summed E-state index contributed by atoms with van der Waals surface area (Å²) in [6.45, 7) is 0.531. The van der Waals surface area contributed by atoms with Gasteiger partial charge in [0.15, 0.2) is 0 Å². The number of rotatable bonds is 5. The minimum Gasteiger partial charge on any atom is -0.384 e. The van der Waals surface area contributed by atoms with Gasteiger partial charge in [-0.05, 0) is 18.1 Å². The normalized spacial score (nSPS) is 11.3. The van der Waals surface area contributed by atoms with Crippen molar-refractivity contribution >= 4 is 15.9 Å². The molecule has 0 spiro atoms. The number of methoxy groups -OCH3 is 1. The zero-order valence-corrected chi connectivity index (χ0v) is 9.25. The van der Waals surface area contributed by atoms with Crippen LogP contribution in [0.2, 0.25) is 0 Å². The van der Waals surface area contributed by atoms with Gasteiger partial charge in [0.1, 0.15) is 0 Å². The largest absolute Gasteiger partial charge is 0.384 e. The molecule has 84 valence electrons. The molecule has 5 nitrogen and oxygen atoms in total. The number of benzene rings is 1. The van der Waals surface area contributed by atoms with Crippen molar-refractivity contribution in [1.82, 2.24) is 0 Å². The number of hydrogen-bond acceptors (Lipinski definition) is 3. The maximum atomic E-state index is 10.9. The van der Waals surface area contributed by atoms with E-state index in [1.807, 2.05) is 12.1 Å². The Balaban J connectivity index is 2.86. The van der Waals surface area contributed by atoms with Gasteiger partial charge in [-0.25, -0.2) is 5.14 Å². The lowest BCUT2D eigenvalue weighted by Gasteiger charge is -2.09. The Morgan fingerprint density at radius 3 is 2.67 bits per heavy atom. The fraction of sp³-hybridized carbons (Fsp3) is 0.333. The summed E-state index contributed by atoms with van der Waals surface area (Å²) < 4.78 is 28.9. The summed E-state index contributed by atoms with van der Waals surface area (Å²) in [5.41, 5.74) is 1.35. The molecule has 0 atom stereocenters. The monoisotopic (exact) mass is 230 g/mol. The fourth-order valence-corrected chi connectivity index (χ4v) is 1.71. The van der Waals surface area contributed by atoms with Gasteiger partial charge in [-0.2, -0.15) is 8.42 Å². The molecule has 0 fully saturated rings. The number of para-hydroxylation sites is 1. The van der Waals surface area contributed by atoms with Gasteiger partial charge in [0.25, 0.3) is 10.2 Å². The third-order valence-electron chi connectivity index (χ3n) is 1.85. The van der Waals surface area contributed by atoms with E-state index in [2.05, 4.69) is 4.72 Å². The molecule has 0 heterocycles. The molecule has 0 saturated heterocycles. The highest BCUT2D eigenvalue weighted by Crippen LogP contribution is 2.16. The molecule has 1 aromatic rings. The van der Waals surface area contributed by atoms with E-state index in [4.69, 9.17) is 9.88 Å². The van der Waals surface area contributed by atoms with Gasteiger partial charge >= 0.3 is 0 Å². The summed E-state index contributed by atoms with van der Waals surface area (Å²) in [7, 11) is -2.12. The molecule has 0 aliphatic heterocycles.